The van der Waals surface area contributed by atoms with Gasteiger partial charge in [0.15, 0.2) is 0 Å². The van der Waals surface area contributed by atoms with Gasteiger partial charge in [0.1, 0.15) is 0 Å². The van der Waals surface area contributed by atoms with E-state index >= 15 is 0 Å². The van der Waals surface area contributed by atoms with Gasteiger partial charge in [-0.25, -0.2) is 0 Å². The molecule has 0 saturated heterocycles. The summed E-state index contributed by atoms with van der Waals surface area (Å²) in [5, 5.41) is 9.44. The lowest BCUT2D eigenvalue weighted by Gasteiger charge is -2.13. The van der Waals surface area contributed by atoms with Crippen molar-refractivity contribution < 1.29 is 9.90 Å². The number of carbonyl (C=O) groups is 1. The normalized spacial score (nSPS) is 12.3. The van der Waals surface area contributed by atoms with Crippen molar-refractivity contribution in [1.82, 2.24) is 0 Å². The third-order valence-electron chi connectivity index (χ3n) is 7.76. The number of hydrogen-bond acceptors (Lipinski definition) is 2. The average molecular weight is 496 g/mol. The van der Waals surface area contributed by atoms with Crippen LogP contribution >= 0.6 is 0 Å². The number of nitrogens with two attached hydrogens (primary N) is 1. The van der Waals surface area contributed by atoms with Gasteiger partial charge in [0.2, 0.25) is 5.91 Å². The van der Waals surface area contributed by atoms with Crippen LogP contribution in [-0.4, -0.2) is 17.6 Å². The monoisotopic (exact) mass is 496 g/mol. The molecule has 3 N–H and O–H groups in total. The first-order chi connectivity index (χ1) is 17.2. The second-order valence-electron chi connectivity index (χ2n) is 11.3. The molecule has 0 spiro atoms. The van der Waals surface area contributed by atoms with E-state index in [1.165, 1.54) is 161 Å². The Hall–Kier alpha value is -0.570. The second-order valence-corrected chi connectivity index (χ2v) is 11.3. The van der Waals surface area contributed by atoms with Gasteiger partial charge in [-0.2, -0.15) is 0 Å². The van der Waals surface area contributed by atoms with Gasteiger partial charge in [0.05, 0.1) is 0 Å². The number of hydrogen-bond donors (Lipinski definition) is 2. The average Bonchev–Trinajstić information content (AvgIpc) is 2.85. The number of amides is 1. The number of primary amides is 1. The maximum atomic E-state index is 10.7. The fourth-order valence-corrected chi connectivity index (χ4v) is 5.26. The van der Waals surface area contributed by atoms with E-state index in [9.17, 15) is 9.90 Å². The Morgan fingerprint density at radius 1 is 0.514 bits per heavy atom. The summed E-state index contributed by atoms with van der Waals surface area (Å²) in [5.74, 6) is 0.411. The van der Waals surface area contributed by atoms with Crippen LogP contribution in [0.15, 0.2) is 0 Å². The maximum absolute atomic E-state index is 10.7. The molecular formula is C32H65NO2. The van der Waals surface area contributed by atoms with Crippen LogP contribution in [0.2, 0.25) is 0 Å². The highest BCUT2D eigenvalue weighted by Crippen LogP contribution is 2.18. The van der Waals surface area contributed by atoms with Crippen LogP contribution in [0.5, 0.6) is 0 Å². The quantitative estimate of drug-likeness (QED) is 0.0973. The molecule has 1 unspecified atom stereocenters. The summed E-state index contributed by atoms with van der Waals surface area (Å²) in [6, 6.07) is 0. The lowest BCUT2D eigenvalue weighted by atomic mass is 9.96. The van der Waals surface area contributed by atoms with Gasteiger partial charge < -0.3 is 10.8 Å². The van der Waals surface area contributed by atoms with Crippen molar-refractivity contribution in [3.8, 4) is 0 Å². The summed E-state index contributed by atoms with van der Waals surface area (Å²) in [6.45, 7) is 2.63. The van der Waals surface area contributed by atoms with Crippen molar-refractivity contribution in [2.45, 2.75) is 187 Å². The molecule has 3 heteroatoms. The van der Waals surface area contributed by atoms with Gasteiger partial charge >= 0.3 is 0 Å². The van der Waals surface area contributed by atoms with E-state index in [4.69, 9.17) is 5.73 Å². The standard InChI is InChI=1S/C32H65NO2/c1-2-3-27-31(30-34)28-25-23-21-19-17-15-13-11-9-7-5-4-6-8-10-12-14-16-18-20-22-24-26-29-32(33)35/h31,34H,2-30H2,1H3,(H2,33,35). The molecule has 0 radical (unpaired) electrons. The second kappa shape index (κ2) is 29.7. The molecule has 1 atom stereocenters. The highest BCUT2D eigenvalue weighted by atomic mass is 16.3. The van der Waals surface area contributed by atoms with E-state index in [2.05, 4.69) is 6.92 Å². The number of unbranched alkanes of at least 4 members (excludes halogenated alkanes) is 23. The first-order valence-electron chi connectivity index (χ1n) is 16.1. The van der Waals surface area contributed by atoms with Crippen molar-refractivity contribution in [2.24, 2.45) is 11.7 Å². The van der Waals surface area contributed by atoms with E-state index in [0.717, 1.165) is 12.8 Å². The number of carbonyl (C=O) groups excluding carboxylic acids is 1. The molecule has 0 saturated carbocycles. The maximum Gasteiger partial charge on any atom is 0.217 e. The van der Waals surface area contributed by atoms with Crippen molar-refractivity contribution >= 4 is 5.91 Å². The summed E-state index contributed by atoms with van der Waals surface area (Å²) >= 11 is 0. The molecule has 0 aliphatic heterocycles. The molecule has 1 amide bonds. The minimum absolute atomic E-state index is 0.153. The third-order valence-corrected chi connectivity index (χ3v) is 7.76. The topological polar surface area (TPSA) is 63.3 Å². The van der Waals surface area contributed by atoms with Gasteiger partial charge in [-0.05, 0) is 25.2 Å². The van der Waals surface area contributed by atoms with E-state index in [1.807, 2.05) is 0 Å². The van der Waals surface area contributed by atoms with Gasteiger partial charge in [-0.1, -0.05) is 161 Å². The van der Waals surface area contributed by atoms with Crippen LogP contribution in [0.25, 0.3) is 0 Å². The van der Waals surface area contributed by atoms with E-state index in [-0.39, 0.29) is 5.91 Å². The Kier molecular flexibility index (Phi) is 29.2. The molecule has 0 aromatic heterocycles. The lowest BCUT2D eigenvalue weighted by molar-refractivity contribution is -0.118. The lowest BCUT2D eigenvalue weighted by Crippen LogP contribution is -2.09. The molecule has 0 heterocycles. The minimum atomic E-state index is -0.153. The number of aliphatic hydroxyl groups excluding tert-OH is 1. The van der Waals surface area contributed by atoms with Crippen LogP contribution in [0.3, 0.4) is 0 Å². The fourth-order valence-electron chi connectivity index (χ4n) is 5.26. The summed E-state index contributed by atoms with van der Waals surface area (Å²) in [5.41, 5.74) is 5.16. The van der Waals surface area contributed by atoms with Crippen molar-refractivity contribution in [3.63, 3.8) is 0 Å². The Morgan fingerprint density at radius 3 is 1.09 bits per heavy atom. The van der Waals surface area contributed by atoms with Gasteiger partial charge in [-0.3, -0.25) is 4.79 Å². The number of rotatable bonds is 30. The van der Waals surface area contributed by atoms with Crippen LogP contribution < -0.4 is 5.73 Å². The minimum Gasteiger partial charge on any atom is -0.396 e. The number of aliphatic hydroxyl groups is 1. The summed E-state index contributed by atoms with van der Waals surface area (Å²) in [6.07, 6.45) is 37.2. The van der Waals surface area contributed by atoms with Crippen LogP contribution in [-0.2, 0) is 4.79 Å². The predicted molar refractivity (Wildman–Crippen MR) is 155 cm³/mol. The molecule has 3 nitrogen and oxygen atoms in total. The SMILES string of the molecule is CCCCC(CO)CCCCCCCCCCCCCCCCCCCCCCCCCC(N)=O. The van der Waals surface area contributed by atoms with E-state index in [1.54, 1.807) is 0 Å². The highest BCUT2D eigenvalue weighted by Gasteiger charge is 2.06. The fraction of sp³-hybridized carbons (Fsp3) is 0.969. The zero-order valence-corrected chi connectivity index (χ0v) is 24.0. The smallest absolute Gasteiger partial charge is 0.217 e. The summed E-state index contributed by atoms with van der Waals surface area (Å²) in [4.78, 5) is 10.7. The third kappa shape index (κ3) is 29.5. The molecule has 210 valence electrons. The first-order valence-corrected chi connectivity index (χ1v) is 16.1. The van der Waals surface area contributed by atoms with E-state index < -0.39 is 0 Å². The molecule has 0 aliphatic rings. The van der Waals surface area contributed by atoms with Crippen LogP contribution in [0, 0.1) is 5.92 Å². The Labute approximate surface area is 220 Å². The summed E-state index contributed by atoms with van der Waals surface area (Å²) in [7, 11) is 0. The zero-order valence-electron chi connectivity index (χ0n) is 24.0. The summed E-state index contributed by atoms with van der Waals surface area (Å²) < 4.78 is 0. The van der Waals surface area contributed by atoms with Crippen LogP contribution in [0.4, 0.5) is 0 Å². The molecule has 35 heavy (non-hydrogen) atoms. The Bertz CT molecular complexity index is 412. The molecule has 0 rings (SSSR count). The van der Waals surface area contributed by atoms with Gasteiger partial charge in [0, 0.05) is 13.0 Å². The van der Waals surface area contributed by atoms with Crippen molar-refractivity contribution in [3.05, 3.63) is 0 Å². The molecule has 0 aliphatic carbocycles. The van der Waals surface area contributed by atoms with Crippen LogP contribution in [0.1, 0.15) is 187 Å². The van der Waals surface area contributed by atoms with Crippen molar-refractivity contribution in [2.75, 3.05) is 6.61 Å². The Balaban J connectivity index is 3.10. The van der Waals surface area contributed by atoms with E-state index in [0.29, 0.717) is 18.9 Å². The molecular weight excluding hydrogens is 430 g/mol. The first kappa shape index (κ1) is 34.4. The molecule has 0 aromatic carbocycles. The molecule has 0 bridgehead atoms. The Morgan fingerprint density at radius 2 is 0.800 bits per heavy atom. The highest BCUT2D eigenvalue weighted by molar-refractivity contribution is 5.73. The zero-order chi connectivity index (χ0) is 25.7. The van der Waals surface area contributed by atoms with Crippen molar-refractivity contribution in [1.29, 1.82) is 0 Å². The predicted octanol–water partition coefficient (Wildman–Crippen LogP) is 10.0. The van der Waals surface area contributed by atoms with Gasteiger partial charge in [0.25, 0.3) is 0 Å². The molecule has 0 fully saturated rings. The molecule has 0 aromatic rings. The van der Waals surface area contributed by atoms with Gasteiger partial charge in [-0.15, -0.1) is 0 Å². The largest absolute Gasteiger partial charge is 0.396 e.